The molecule has 2 aliphatic rings. The first-order valence-electron chi connectivity index (χ1n) is 13.9. The standard InChI is InChI=1S/C31H38N2O6/c1-5-6-14-38-24-9-8-22(19-26(24)36-4)28-27-29(34)23-17-20(2)21(3)18-25(23)39-30(27)31(35)33(28)11-7-10-32-12-15-37-16-13-32/h8-9,17-19,28H,5-7,10-16H2,1-4H3. The molecule has 1 unspecified atom stereocenters. The average Bonchev–Trinajstić information content (AvgIpc) is 3.22. The van der Waals surface area contributed by atoms with Crippen molar-refractivity contribution in [2.45, 2.75) is 46.1 Å². The molecule has 0 N–H and O–H groups in total. The zero-order valence-electron chi connectivity index (χ0n) is 23.4. The SMILES string of the molecule is CCCCOc1ccc(C2c3c(oc4cc(C)c(C)cc4c3=O)C(=O)N2CCCN2CCOCC2)cc1OC. The van der Waals surface area contributed by atoms with Gasteiger partial charge in [0.1, 0.15) is 5.58 Å². The first-order chi connectivity index (χ1) is 18.9. The number of aryl methyl sites for hydroxylation is 2. The van der Waals surface area contributed by atoms with Crippen molar-refractivity contribution >= 4 is 16.9 Å². The van der Waals surface area contributed by atoms with Gasteiger partial charge in [0.2, 0.25) is 5.76 Å². The number of hydrogen-bond donors (Lipinski definition) is 0. The Morgan fingerprint density at radius 1 is 0.974 bits per heavy atom. The van der Waals surface area contributed by atoms with Crippen molar-refractivity contribution in [1.82, 2.24) is 9.80 Å². The Hall–Kier alpha value is -3.36. The predicted molar refractivity (Wildman–Crippen MR) is 150 cm³/mol. The van der Waals surface area contributed by atoms with E-state index in [-0.39, 0.29) is 17.1 Å². The van der Waals surface area contributed by atoms with Gasteiger partial charge in [-0.2, -0.15) is 0 Å². The highest BCUT2D eigenvalue weighted by Gasteiger charge is 2.42. The smallest absolute Gasteiger partial charge is 0.290 e. The van der Waals surface area contributed by atoms with Crippen LogP contribution in [0.5, 0.6) is 11.5 Å². The van der Waals surface area contributed by atoms with Gasteiger partial charge < -0.3 is 23.5 Å². The summed E-state index contributed by atoms with van der Waals surface area (Å²) in [5.41, 5.74) is 3.49. The summed E-state index contributed by atoms with van der Waals surface area (Å²) in [7, 11) is 1.60. The highest BCUT2D eigenvalue weighted by molar-refractivity contribution is 5.99. The Morgan fingerprint density at radius 2 is 1.74 bits per heavy atom. The number of carbonyl (C=O) groups is 1. The van der Waals surface area contributed by atoms with Gasteiger partial charge in [0, 0.05) is 26.2 Å². The number of morpholine rings is 1. The van der Waals surface area contributed by atoms with Gasteiger partial charge in [-0.05, 0) is 67.6 Å². The van der Waals surface area contributed by atoms with Crippen molar-refractivity contribution in [2.24, 2.45) is 0 Å². The second kappa shape index (κ2) is 11.8. The number of hydrogen-bond acceptors (Lipinski definition) is 7. The summed E-state index contributed by atoms with van der Waals surface area (Å²) in [6, 6.07) is 8.82. The molecule has 0 aliphatic carbocycles. The molecule has 8 heteroatoms. The van der Waals surface area contributed by atoms with Crippen molar-refractivity contribution in [3.05, 3.63) is 68.6 Å². The first kappa shape index (κ1) is 27.2. The molecule has 3 aromatic rings. The van der Waals surface area contributed by atoms with E-state index in [2.05, 4.69) is 11.8 Å². The zero-order valence-corrected chi connectivity index (χ0v) is 23.4. The zero-order chi connectivity index (χ0) is 27.5. The van der Waals surface area contributed by atoms with E-state index in [1.807, 2.05) is 44.2 Å². The number of amides is 1. The van der Waals surface area contributed by atoms with Crippen LogP contribution in [0.15, 0.2) is 39.5 Å². The molecule has 39 heavy (non-hydrogen) atoms. The van der Waals surface area contributed by atoms with Crippen LogP contribution in [-0.4, -0.2) is 68.8 Å². The van der Waals surface area contributed by atoms with E-state index in [1.165, 1.54) is 0 Å². The number of unbranched alkanes of at least 4 members (excludes halogenated alkanes) is 1. The fraction of sp³-hybridized carbons (Fsp3) is 0.484. The van der Waals surface area contributed by atoms with E-state index < -0.39 is 6.04 Å². The van der Waals surface area contributed by atoms with Gasteiger partial charge in [-0.15, -0.1) is 0 Å². The second-order valence-electron chi connectivity index (χ2n) is 10.4. The number of benzene rings is 2. The van der Waals surface area contributed by atoms with Gasteiger partial charge in [0.05, 0.1) is 43.9 Å². The molecule has 2 aromatic carbocycles. The highest BCUT2D eigenvalue weighted by Crippen LogP contribution is 2.41. The quantitative estimate of drug-likeness (QED) is 0.344. The molecule has 2 aliphatic heterocycles. The van der Waals surface area contributed by atoms with Crippen LogP contribution >= 0.6 is 0 Å². The number of fused-ring (bicyclic) bond motifs is 2. The average molecular weight is 535 g/mol. The van der Waals surface area contributed by atoms with Gasteiger partial charge >= 0.3 is 0 Å². The summed E-state index contributed by atoms with van der Waals surface area (Å²) >= 11 is 0. The molecule has 0 bridgehead atoms. The molecule has 8 nitrogen and oxygen atoms in total. The Labute approximate surface area is 229 Å². The van der Waals surface area contributed by atoms with Crippen molar-refractivity contribution in [2.75, 3.05) is 53.1 Å². The van der Waals surface area contributed by atoms with Crippen LogP contribution in [-0.2, 0) is 4.74 Å². The molecule has 3 heterocycles. The summed E-state index contributed by atoms with van der Waals surface area (Å²) in [5, 5.41) is 0.497. The van der Waals surface area contributed by atoms with Crippen LogP contribution in [0.25, 0.3) is 11.0 Å². The molecule has 5 rings (SSSR count). The molecule has 1 amide bonds. The van der Waals surface area contributed by atoms with Gasteiger partial charge in [-0.1, -0.05) is 19.4 Å². The molecular weight excluding hydrogens is 496 g/mol. The number of carbonyl (C=O) groups excluding carboxylic acids is 1. The maximum absolute atomic E-state index is 14.0. The van der Waals surface area contributed by atoms with Crippen molar-refractivity contribution in [3.8, 4) is 11.5 Å². The molecule has 1 aromatic heterocycles. The van der Waals surface area contributed by atoms with Gasteiger partial charge in [-0.3, -0.25) is 14.5 Å². The lowest BCUT2D eigenvalue weighted by Gasteiger charge is -2.29. The molecule has 0 radical (unpaired) electrons. The molecule has 208 valence electrons. The summed E-state index contributed by atoms with van der Waals surface area (Å²) in [6.45, 7) is 11.2. The van der Waals surface area contributed by atoms with Crippen molar-refractivity contribution < 1.29 is 23.4 Å². The molecule has 1 saturated heterocycles. The van der Waals surface area contributed by atoms with Gasteiger partial charge in [0.15, 0.2) is 16.9 Å². The van der Waals surface area contributed by atoms with Crippen molar-refractivity contribution in [1.29, 1.82) is 0 Å². The largest absolute Gasteiger partial charge is 0.493 e. The number of methoxy groups -OCH3 is 1. The highest BCUT2D eigenvalue weighted by atomic mass is 16.5. The third kappa shape index (κ3) is 5.40. The minimum absolute atomic E-state index is 0.134. The lowest BCUT2D eigenvalue weighted by atomic mass is 9.97. The minimum atomic E-state index is -0.571. The first-order valence-corrected chi connectivity index (χ1v) is 13.9. The second-order valence-corrected chi connectivity index (χ2v) is 10.4. The van der Waals surface area contributed by atoms with Crippen LogP contribution in [0.1, 0.15) is 65.0 Å². The monoisotopic (exact) mass is 534 g/mol. The summed E-state index contributed by atoms with van der Waals surface area (Å²) in [5.74, 6) is 1.11. The summed E-state index contributed by atoms with van der Waals surface area (Å²) in [4.78, 5) is 31.9. The predicted octanol–water partition coefficient (Wildman–Crippen LogP) is 4.86. The molecule has 0 spiro atoms. The third-order valence-corrected chi connectivity index (χ3v) is 7.82. The van der Waals surface area contributed by atoms with Gasteiger partial charge in [0.25, 0.3) is 5.91 Å². The summed E-state index contributed by atoms with van der Waals surface area (Å²) < 4.78 is 23.3. The Bertz CT molecular complexity index is 1410. The van der Waals surface area contributed by atoms with E-state index in [9.17, 15) is 9.59 Å². The van der Waals surface area contributed by atoms with Gasteiger partial charge in [-0.25, -0.2) is 0 Å². The fourth-order valence-electron chi connectivity index (χ4n) is 5.44. The molecular formula is C31H38N2O6. The Kier molecular flexibility index (Phi) is 8.23. The maximum atomic E-state index is 14.0. The Balaban J connectivity index is 1.55. The van der Waals surface area contributed by atoms with E-state index >= 15 is 0 Å². The summed E-state index contributed by atoms with van der Waals surface area (Å²) in [6.07, 6.45) is 2.75. The van der Waals surface area contributed by atoms with Crippen LogP contribution in [0, 0.1) is 13.8 Å². The Morgan fingerprint density at radius 3 is 2.49 bits per heavy atom. The molecule has 1 atom stereocenters. The van der Waals surface area contributed by atoms with Crippen LogP contribution in [0.4, 0.5) is 0 Å². The van der Waals surface area contributed by atoms with E-state index in [0.717, 1.165) is 68.8 Å². The number of rotatable bonds is 10. The topological polar surface area (TPSA) is 81.5 Å². The number of ether oxygens (including phenoxy) is 3. The lowest BCUT2D eigenvalue weighted by molar-refractivity contribution is 0.0353. The maximum Gasteiger partial charge on any atom is 0.290 e. The lowest BCUT2D eigenvalue weighted by Crippen LogP contribution is -2.38. The molecule has 1 fully saturated rings. The van der Waals surface area contributed by atoms with Crippen LogP contribution < -0.4 is 14.9 Å². The van der Waals surface area contributed by atoms with Crippen LogP contribution in [0.3, 0.4) is 0 Å². The minimum Gasteiger partial charge on any atom is -0.493 e. The van der Waals surface area contributed by atoms with Crippen molar-refractivity contribution in [3.63, 3.8) is 0 Å². The van der Waals surface area contributed by atoms with E-state index in [1.54, 1.807) is 12.0 Å². The molecule has 0 saturated carbocycles. The third-order valence-electron chi connectivity index (χ3n) is 7.82. The van der Waals surface area contributed by atoms with E-state index in [4.69, 9.17) is 18.6 Å². The fourth-order valence-corrected chi connectivity index (χ4v) is 5.44. The normalized spacial score (nSPS) is 17.6. The van der Waals surface area contributed by atoms with Crippen LogP contribution in [0.2, 0.25) is 0 Å². The number of nitrogens with zero attached hydrogens (tertiary/aromatic N) is 2. The van der Waals surface area contributed by atoms with E-state index in [0.29, 0.717) is 41.2 Å².